The SMILES string of the molecule is CCC(COCCCO)(COCC(O)CN1CCOCC1)COCC(O)CN1CCOCC1. The highest BCUT2D eigenvalue weighted by Gasteiger charge is 2.31. The van der Waals surface area contributed by atoms with Crippen molar-refractivity contribution in [2.24, 2.45) is 5.41 Å². The molecule has 2 heterocycles. The first-order chi connectivity index (χ1) is 16.1. The van der Waals surface area contributed by atoms with Crippen LogP contribution in [0.3, 0.4) is 0 Å². The zero-order chi connectivity index (χ0) is 23.8. The molecule has 0 saturated carbocycles. The maximum Gasteiger partial charge on any atom is 0.0900 e. The van der Waals surface area contributed by atoms with Gasteiger partial charge in [-0.2, -0.15) is 0 Å². The molecule has 2 aliphatic rings. The third-order valence-corrected chi connectivity index (χ3v) is 6.19. The molecule has 2 rings (SSSR count). The van der Waals surface area contributed by atoms with Crippen LogP contribution in [-0.2, 0) is 23.7 Å². The van der Waals surface area contributed by atoms with Crippen LogP contribution in [-0.4, -0.2) is 149 Å². The second-order valence-corrected chi connectivity index (χ2v) is 9.15. The Labute approximate surface area is 198 Å². The Bertz CT molecular complexity index is 443. The zero-order valence-electron chi connectivity index (χ0n) is 20.4. The van der Waals surface area contributed by atoms with Crippen molar-refractivity contribution >= 4 is 0 Å². The Morgan fingerprint density at radius 1 is 0.788 bits per heavy atom. The topological polar surface area (TPSA) is 113 Å². The predicted octanol–water partition coefficient (Wildman–Crippen LogP) is -0.799. The molecule has 2 atom stereocenters. The average molecular weight is 479 g/mol. The standard InChI is InChI=1S/C23H46N2O8/c1-2-23(18-31-9-3-8-26,19-32-16-21(27)14-24-4-10-29-11-5-24)20-33-17-22(28)15-25-6-12-30-13-7-25/h21-22,26-28H,2-20H2,1H3. The Balaban J connectivity index is 1.75. The number of hydrogen-bond donors (Lipinski definition) is 3. The molecule has 2 fully saturated rings. The first-order valence-corrected chi connectivity index (χ1v) is 12.4. The van der Waals surface area contributed by atoms with Gasteiger partial charge in [0, 0.05) is 57.9 Å². The van der Waals surface area contributed by atoms with Gasteiger partial charge in [-0.15, -0.1) is 0 Å². The second kappa shape index (κ2) is 17.1. The summed E-state index contributed by atoms with van der Waals surface area (Å²) in [7, 11) is 0. The van der Waals surface area contributed by atoms with Crippen LogP contribution in [0.4, 0.5) is 0 Å². The summed E-state index contributed by atoms with van der Waals surface area (Å²) < 4.78 is 28.4. The fourth-order valence-corrected chi connectivity index (χ4v) is 3.98. The van der Waals surface area contributed by atoms with E-state index in [1.165, 1.54) is 0 Å². The molecule has 2 saturated heterocycles. The molecule has 2 unspecified atom stereocenters. The van der Waals surface area contributed by atoms with Crippen molar-refractivity contribution in [2.45, 2.75) is 32.0 Å². The molecule has 2 aliphatic heterocycles. The van der Waals surface area contributed by atoms with Crippen LogP contribution in [0.2, 0.25) is 0 Å². The molecule has 10 heteroatoms. The van der Waals surface area contributed by atoms with Crippen molar-refractivity contribution in [1.82, 2.24) is 9.80 Å². The number of morpholine rings is 2. The summed E-state index contributed by atoms with van der Waals surface area (Å²) >= 11 is 0. The van der Waals surface area contributed by atoms with Gasteiger partial charge in [0.2, 0.25) is 0 Å². The minimum atomic E-state index is -0.566. The lowest BCUT2D eigenvalue weighted by Crippen LogP contribution is -2.44. The average Bonchev–Trinajstić information content (AvgIpc) is 2.82. The molecule has 0 aromatic rings. The van der Waals surface area contributed by atoms with E-state index in [1.807, 2.05) is 0 Å². The van der Waals surface area contributed by atoms with Crippen molar-refractivity contribution in [3.05, 3.63) is 0 Å². The Morgan fingerprint density at radius 2 is 1.24 bits per heavy atom. The second-order valence-electron chi connectivity index (χ2n) is 9.15. The van der Waals surface area contributed by atoms with E-state index in [1.54, 1.807) is 0 Å². The minimum Gasteiger partial charge on any atom is -0.396 e. The Kier molecular flexibility index (Phi) is 14.9. The van der Waals surface area contributed by atoms with E-state index < -0.39 is 12.2 Å². The number of hydrogen-bond acceptors (Lipinski definition) is 10. The number of ether oxygens (including phenoxy) is 5. The number of nitrogens with zero attached hydrogens (tertiary/aromatic N) is 2. The Morgan fingerprint density at radius 3 is 1.67 bits per heavy atom. The van der Waals surface area contributed by atoms with Gasteiger partial charge in [0.15, 0.2) is 0 Å². The van der Waals surface area contributed by atoms with E-state index in [0.717, 1.165) is 32.6 Å². The van der Waals surface area contributed by atoms with Crippen LogP contribution in [0.1, 0.15) is 19.8 Å². The van der Waals surface area contributed by atoms with Crippen LogP contribution < -0.4 is 0 Å². The van der Waals surface area contributed by atoms with Gasteiger partial charge in [-0.05, 0) is 12.8 Å². The summed E-state index contributed by atoms with van der Waals surface area (Å²) in [6.45, 7) is 11.6. The normalized spacial score (nSPS) is 22.2. The summed E-state index contributed by atoms with van der Waals surface area (Å²) in [5.74, 6) is 0. The first kappa shape index (κ1) is 28.8. The van der Waals surface area contributed by atoms with Crippen LogP contribution in [0.25, 0.3) is 0 Å². The molecular formula is C23H46N2O8. The maximum absolute atomic E-state index is 10.4. The van der Waals surface area contributed by atoms with Gasteiger partial charge in [-0.1, -0.05) is 6.92 Å². The number of aliphatic hydroxyl groups is 3. The highest BCUT2D eigenvalue weighted by atomic mass is 16.5. The summed E-state index contributed by atoms with van der Waals surface area (Å²) in [4.78, 5) is 4.36. The number of β-amino-alcohol motifs (C(OH)–C–C–N with tert-alkyl or cyclic N) is 2. The van der Waals surface area contributed by atoms with Crippen molar-refractivity contribution in [3.63, 3.8) is 0 Å². The lowest BCUT2D eigenvalue weighted by molar-refractivity contribution is -0.0985. The van der Waals surface area contributed by atoms with Gasteiger partial charge in [0.05, 0.1) is 71.7 Å². The summed E-state index contributed by atoms with van der Waals surface area (Å²) in [5, 5.41) is 29.8. The van der Waals surface area contributed by atoms with E-state index in [9.17, 15) is 10.2 Å². The van der Waals surface area contributed by atoms with E-state index in [4.69, 9.17) is 28.8 Å². The minimum absolute atomic E-state index is 0.0909. The fourth-order valence-electron chi connectivity index (χ4n) is 3.98. The molecule has 0 spiro atoms. The maximum atomic E-state index is 10.4. The molecule has 0 radical (unpaired) electrons. The molecule has 33 heavy (non-hydrogen) atoms. The van der Waals surface area contributed by atoms with Crippen LogP contribution in [0.5, 0.6) is 0 Å². The number of rotatable bonds is 18. The summed E-state index contributed by atoms with van der Waals surface area (Å²) in [5.41, 5.74) is -0.382. The van der Waals surface area contributed by atoms with Gasteiger partial charge < -0.3 is 39.0 Å². The van der Waals surface area contributed by atoms with Crippen molar-refractivity contribution in [2.75, 3.05) is 112 Å². The molecule has 0 aromatic carbocycles. The molecule has 0 aromatic heterocycles. The largest absolute Gasteiger partial charge is 0.396 e. The van der Waals surface area contributed by atoms with Gasteiger partial charge in [-0.25, -0.2) is 0 Å². The monoisotopic (exact) mass is 478 g/mol. The van der Waals surface area contributed by atoms with Crippen LogP contribution in [0.15, 0.2) is 0 Å². The molecular weight excluding hydrogens is 432 g/mol. The third-order valence-electron chi connectivity index (χ3n) is 6.19. The van der Waals surface area contributed by atoms with Crippen LogP contribution in [0, 0.1) is 5.41 Å². The van der Waals surface area contributed by atoms with Crippen molar-refractivity contribution in [1.29, 1.82) is 0 Å². The fraction of sp³-hybridized carbons (Fsp3) is 1.00. The molecule has 10 nitrogen and oxygen atoms in total. The van der Waals surface area contributed by atoms with Crippen molar-refractivity contribution < 1.29 is 39.0 Å². The summed E-state index contributed by atoms with van der Waals surface area (Å²) in [6.07, 6.45) is 0.219. The first-order valence-electron chi connectivity index (χ1n) is 12.4. The van der Waals surface area contributed by atoms with Crippen LogP contribution >= 0.6 is 0 Å². The Hall–Kier alpha value is -0.400. The van der Waals surface area contributed by atoms with Gasteiger partial charge in [-0.3, -0.25) is 9.80 Å². The lowest BCUT2D eigenvalue weighted by atomic mass is 9.88. The highest BCUT2D eigenvalue weighted by Crippen LogP contribution is 2.24. The zero-order valence-corrected chi connectivity index (χ0v) is 20.4. The molecule has 196 valence electrons. The quantitative estimate of drug-likeness (QED) is 0.216. The van der Waals surface area contributed by atoms with Gasteiger partial charge in [0.25, 0.3) is 0 Å². The molecule has 0 bridgehead atoms. The van der Waals surface area contributed by atoms with E-state index >= 15 is 0 Å². The van der Waals surface area contributed by atoms with Crippen molar-refractivity contribution in [3.8, 4) is 0 Å². The predicted molar refractivity (Wildman–Crippen MR) is 123 cm³/mol. The molecule has 0 amide bonds. The van der Waals surface area contributed by atoms with E-state index in [0.29, 0.717) is 72.4 Å². The lowest BCUT2D eigenvalue weighted by Gasteiger charge is -2.34. The number of aliphatic hydroxyl groups excluding tert-OH is 3. The van der Waals surface area contributed by atoms with E-state index in [2.05, 4.69) is 16.7 Å². The third kappa shape index (κ3) is 12.2. The molecule has 3 N–H and O–H groups in total. The van der Waals surface area contributed by atoms with Gasteiger partial charge >= 0.3 is 0 Å². The molecule has 0 aliphatic carbocycles. The smallest absolute Gasteiger partial charge is 0.0900 e. The van der Waals surface area contributed by atoms with Gasteiger partial charge in [0.1, 0.15) is 0 Å². The summed E-state index contributed by atoms with van der Waals surface area (Å²) in [6, 6.07) is 0. The van der Waals surface area contributed by atoms with E-state index in [-0.39, 0.29) is 25.2 Å². The highest BCUT2D eigenvalue weighted by molar-refractivity contribution is 4.79.